The number of carbonyl (C=O) groups excluding carboxylic acids is 1. The topological polar surface area (TPSA) is 66.0 Å². The molecule has 0 spiro atoms. The van der Waals surface area contributed by atoms with Crippen LogP contribution in [-0.2, 0) is 9.53 Å². The average Bonchev–Trinajstić information content (AvgIpc) is 3.02. The summed E-state index contributed by atoms with van der Waals surface area (Å²) in [4.78, 5) is 17.7. The minimum atomic E-state index is 0.00725. The summed E-state index contributed by atoms with van der Waals surface area (Å²) in [5.41, 5.74) is 0. The molecule has 128 valence electrons. The van der Waals surface area contributed by atoms with E-state index >= 15 is 0 Å². The van der Waals surface area contributed by atoms with Crippen LogP contribution in [0.5, 0.6) is 0 Å². The van der Waals surface area contributed by atoms with Crippen LogP contribution in [0.15, 0.2) is 4.99 Å². The lowest BCUT2D eigenvalue weighted by Crippen LogP contribution is -2.42. The Morgan fingerprint density at radius 2 is 2.05 bits per heavy atom. The molecular weight excluding hydrogens is 280 g/mol. The molecule has 0 aromatic heterocycles. The third kappa shape index (κ3) is 7.11. The Morgan fingerprint density at radius 1 is 1.32 bits per heavy atom. The van der Waals surface area contributed by atoms with Gasteiger partial charge in [0.1, 0.15) is 6.54 Å². The molecular formula is C16H32N4O2. The fourth-order valence-corrected chi connectivity index (χ4v) is 2.27. The van der Waals surface area contributed by atoms with Crippen LogP contribution in [0.3, 0.4) is 0 Å². The fourth-order valence-electron chi connectivity index (χ4n) is 2.27. The third-order valence-electron chi connectivity index (χ3n) is 4.17. The standard InChI is InChI=1S/C16H32N4O2/c1-5-13(6-2)9-17-16(19-11-15(21)20(3)4)18-10-14-7-8-22-12-14/h13-14H,5-12H2,1-4H3,(H2,17,18,19). The summed E-state index contributed by atoms with van der Waals surface area (Å²) in [7, 11) is 3.50. The Hall–Kier alpha value is -1.30. The van der Waals surface area contributed by atoms with Gasteiger partial charge >= 0.3 is 0 Å². The molecule has 1 fully saturated rings. The van der Waals surface area contributed by atoms with Crippen LogP contribution in [0.4, 0.5) is 0 Å². The molecule has 1 heterocycles. The second-order valence-electron chi connectivity index (χ2n) is 6.13. The van der Waals surface area contributed by atoms with Gasteiger partial charge in [-0.05, 0) is 12.3 Å². The zero-order valence-corrected chi connectivity index (χ0v) is 14.5. The number of carbonyl (C=O) groups is 1. The zero-order valence-electron chi connectivity index (χ0n) is 14.5. The summed E-state index contributed by atoms with van der Waals surface area (Å²) in [6.45, 7) is 7.95. The van der Waals surface area contributed by atoms with Gasteiger partial charge in [-0.25, -0.2) is 4.99 Å². The monoisotopic (exact) mass is 312 g/mol. The summed E-state index contributed by atoms with van der Waals surface area (Å²) in [6, 6.07) is 0. The smallest absolute Gasteiger partial charge is 0.243 e. The Balaban J connectivity index is 2.50. The van der Waals surface area contributed by atoms with Crippen LogP contribution in [-0.4, -0.2) is 63.7 Å². The fraction of sp³-hybridized carbons (Fsp3) is 0.875. The van der Waals surface area contributed by atoms with E-state index in [1.54, 1.807) is 19.0 Å². The first kappa shape index (κ1) is 18.7. The largest absolute Gasteiger partial charge is 0.381 e. The van der Waals surface area contributed by atoms with Crippen LogP contribution >= 0.6 is 0 Å². The molecule has 0 aromatic carbocycles. The van der Waals surface area contributed by atoms with Crippen LogP contribution < -0.4 is 10.6 Å². The number of nitrogens with zero attached hydrogens (tertiary/aromatic N) is 2. The number of hydrogen-bond donors (Lipinski definition) is 2. The van der Waals surface area contributed by atoms with E-state index in [1.807, 2.05) is 0 Å². The highest BCUT2D eigenvalue weighted by atomic mass is 16.5. The quantitative estimate of drug-likeness (QED) is 0.520. The maximum atomic E-state index is 11.7. The van der Waals surface area contributed by atoms with Crippen molar-refractivity contribution in [3.05, 3.63) is 0 Å². The number of rotatable bonds is 8. The summed E-state index contributed by atoms with van der Waals surface area (Å²) in [5, 5.41) is 6.71. The number of hydrogen-bond acceptors (Lipinski definition) is 3. The lowest BCUT2D eigenvalue weighted by atomic mass is 10.0. The minimum absolute atomic E-state index is 0.00725. The molecule has 1 unspecified atom stereocenters. The summed E-state index contributed by atoms with van der Waals surface area (Å²) in [6.07, 6.45) is 3.37. The van der Waals surface area contributed by atoms with E-state index in [1.165, 1.54) is 0 Å². The van der Waals surface area contributed by atoms with Gasteiger partial charge in [-0.1, -0.05) is 26.7 Å². The summed E-state index contributed by atoms with van der Waals surface area (Å²) >= 11 is 0. The van der Waals surface area contributed by atoms with Gasteiger partial charge in [-0.15, -0.1) is 0 Å². The van der Waals surface area contributed by atoms with E-state index in [-0.39, 0.29) is 12.5 Å². The van der Waals surface area contributed by atoms with Crippen molar-refractivity contribution in [2.45, 2.75) is 33.1 Å². The summed E-state index contributed by atoms with van der Waals surface area (Å²) in [5.74, 6) is 1.90. The van der Waals surface area contributed by atoms with Crippen LogP contribution in [0.2, 0.25) is 0 Å². The van der Waals surface area contributed by atoms with Gasteiger partial charge in [0.15, 0.2) is 5.96 Å². The molecule has 1 amide bonds. The maximum Gasteiger partial charge on any atom is 0.243 e. The van der Waals surface area contributed by atoms with Gasteiger partial charge in [0.2, 0.25) is 5.91 Å². The first-order valence-corrected chi connectivity index (χ1v) is 8.36. The van der Waals surface area contributed by atoms with Crippen molar-refractivity contribution in [2.24, 2.45) is 16.8 Å². The van der Waals surface area contributed by atoms with Crippen LogP contribution in [0.25, 0.3) is 0 Å². The summed E-state index contributed by atoms with van der Waals surface area (Å²) < 4.78 is 5.39. The molecule has 1 rings (SSSR count). The Labute approximate surface area is 134 Å². The Bertz CT molecular complexity index is 340. The van der Waals surface area contributed by atoms with Crippen molar-refractivity contribution in [3.8, 4) is 0 Å². The van der Waals surface area contributed by atoms with E-state index in [0.717, 1.165) is 51.5 Å². The maximum absolute atomic E-state index is 11.7. The second kappa shape index (κ2) is 10.4. The van der Waals surface area contributed by atoms with Gasteiger partial charge in [0, 0.05) is 39.7 Å². The molecule has 1 atom stereocenters. The second-order valence-corrected chi connectivity index (χ2v) is 6.13. The molecule has 0 saturated carbocycles. The average molecular weight is 312 g/mol. The number of amides is 1. The van der Waals surface area contributed by atoms with E-state index in [0.29, 0.717) is 11.8 Å². The molecule has 22 heavy (non-hydrogen) atoms. The molecule has 6 nitrogen and oxygen atoms in total. The molecule has 1 aliphatic rings. The first-order valence-electron chi connectivity index (χ1n) is 8.36. The van der Waals surface area contributed by atoms with Gasteiger partial charge < -0.3 is 20.3 Å². The number of nitrogens with one attached hydrogen (secondary N) is 2. The van der Waals surface area contributed by atoms with Gasteiger partial charge in [-0.2, -0.15) is 0 Å². The predicted octanol–water partition coefficient (Wildman–Crippen LogP) is 1.08. The van der Waals surface area contributed by atoms with Gasteiger partial charge in [-0.3, -0.25) is 4.79 Å². The number of guanidine groups is 1. The molecule has 1 saturated heterocycles. The SMILES string of the molecule is CCC(CC)CNC(=NCC(=O)N(C)C)NCC1CCOC1. The lowest BCUT2D eigenvalue weighted by molar-refractivity contribution is -0.127. The van der Waals surface area contributed by atoms with Crippen molar-refractivity contribution in [2.75, 3.05) is 46.9 Å². The van der Waals surface area contributed by atoms with Crippen molar-refractivity contribution < 1.29 is 9.53 Å². The molecule has 0 aromatic rings. The van der Waals surface area contributed by atoms with E-state index in [4.69, 9.17) is 4.74 Å². The van der Waals surface area contributed by atoms with Gasteiger partial charge in [0.25, 0.3) is 0 Å². The molecule has 0 bridgehead atoms. The molecule has 0 aliphatic carbocycles. The van der Waals surface area contributed by atoms with Crippen molar-refractivity contribution in [1.29, 1.82) is 0 Å². The number of likely N-dealkylation sites (N-methyl/N-ethyl adjacent to an activating group) is 1. The third-order valence-corrected chi connectivity index (χ3v) is 4.17. The highest BCUT2D eigenvalue weighted by molar-refractivity contribution is 5.84. The minimum Gasteiger partial charge on any atom is -0.381 e. The van der Waals surface area contributed by atoms with Crippen molar-refractivity contribution in [3.63, 3.8) is 0 Å². The van der Waals surface area contributed by atoms with E-state index < -0.39 is 0 Å². The lowest BCUT2D eigenvalue weighted by Gasteiger charge is -2.18. The molecule has 2 N–H and O–H groups in total. The normalized spacial score (nSPS) is 18.6. The molecule has 6 heteroatoms. The zero-order chi connectivity index (χ0) is 16.4. The van der Waals surface area contributed by atoms with Gasteiger partial charge in [0.05, 0.1) is 6.61 Å². The number of ether oxygens (including phenoxy) is 1. The van der Waals surface area contributed by atoms with Crippen molar-refractivity contribution >= 4 is 11.9 Å². The molecule has 0 radical (unpaired) electrons. The van der Waals surface area contributed by atoms with Crippen LogP contribution in [0, 0.1) is 11.8 Å². The number of aliphatic imine (C=N–C) groups is 1. The first-order chi connectivity index (χ1) is 10.6. The van der Waals surface area contributed by atoms with Crippen molar-refractivity contribution in [1.82, 2.24) is 15.5 Å². The highest BCUT2D eigenvalue weighted by Gasteiger charge is 2.16. The molecule has 1 aliphatic heterocycles. The van der Waals surface area contributed by atoms with Crippen LogP contribution in [0.1, 0.15) is 33.1 Å². The predicted molar refractivity (Wildman–Crippen MR) is 90.0 cm³/mol. The highest BCUT2D eigenvalue weighted by Crippen LogP contribution is 2.10. The Morgan fingerprint density at radius 3 is 2.59 bits per heavy atom. The van der Waals surface area contributed by atoms with E-state index in [9.17, 15) is 4.79 Å². The Kier molecular flexibility index (Phi) is 8.89. The van der Waals surface area contributed by atoms with E-state index in [2.05, 4.69) is 29.5 Å².